The molecule has 0 atom stereocenters. The van der Waals surface area contributed by atoms with E-state index in [1.807, 2.05) is 12.3 Å². The number of furan rings is 1. The lowest BCUT2D eigenvalue weighted by atomic mass is 10.3. The maximum atomic E-state index is 12.5. The predicted molar refractivity (Wildman–Crippen MR) is 101 cm³/mol. The molecular weight excluding hydrogens is 366 g/mol. The van der Waals surface area contributed by atoms with Crippen LogP contribution in [0.25, 0.3) is 17.4 Å². The summed E-state index contributed by atoms with van der Waals surface area (Å²) in [4.78, 5) is 32.1. The van der Waals surface area contributed by atoms with Gasteiger partial charge in [0.05, 0.1) is 11.1 Å². The van der Waals surface area contributed by atoms with Gasteiger partial charge in [-0.2, -0.15) is 9.78 Å². The molecule has 0 saturated carbocycles. The fourth-order valence-corrected chi connectivity index (χ4v) is 3.16. The van der Waals surface area contributed by atoms with E-state index in [1.165, 1.54) is 28.3 Å². The molecule has 0 aliphatic heterocycles. The average Bonchev–Trinajstić information content (AvgIpc) is 3.41. The number of hydrogen-bond acceptors (Lipinski definition) is 6. The first-order chi connectivity index (χ1) is 13.1. The molecule has 0 aliphatic carbocycles. The number of aryl methyl sites for hydroxylation is 1. The van der Waals surface area contributed by atoms with Gasteiger partial charge >= 0.3 is 0 Å². The third kappa shape index (κ3) is 3.44. The highest BCUT2D eigenvalue weighted by atomic mass is 32.1. The number of amides is 1. The van der Waals surface area contributed by atoms with Crippen LogP contribution in [0.5, 0.6) is 0 Å². The number of aromatic nitrogens is 4. The van der Waals surface area contributed by atoms with Gasteiger partial charge in [0.2, 0.25) is 5.95 Å². The lowest BCUT2D eigenvalue weighted by Crippen LogP contribution is -2.18. The molecule has 4 rings (SSSR count). The number of hydrogen-bond donors (Lipinski definition) is 2. The molecule has 0 bridgehead atoms. The van der Waals surface area contributed by atoms with E-state index in [1.54, 1.807) is 30.3 Å². The summed E-state index contributed by atoms with van der Waals surface area (Å²) in [5, 5.41) is 9.10. The Kier molecular flexibility index (Phi) is 4.43. The zero-order valence-electron chi connectivity index (χ0n) is 14.3. The normalized spacial score (nSPS) is 10.9. The Hall–Kier alpha value is -3.46. The van der Waals surface area contributed by atoms with Crippen LogP contribution < -0.4 is 10.9 Å². The molecule has 2 N–H and O–H groups in total. The van der Waals surface area contributed by atoms with Gasteiger partial charge in [0.1, 0.15) is 11.5 Å². The van der Waals surface area contributed by atoms with Crippen LogP contribution >= 0.6 is 11.3 Å². The van der Waals surface area contributed by atoms with Gasteiger partial charge in [-0.1, -0.05) is 13.0 Å². The van der Waals surface area contributed by atoms with E-state index >= 15 is 0 Å². The quantitative estimate of drug-likeness (QED) is 0.553. The summed E-state index contributed by atoms with van der Waals surface area (Å²) in [5.41, 5.74) is 0.841. The largest absolute Gasteiger partial charge is 0.463 e. The molecule has 4 aromatic heterocycles. The van der Waals surface area contributed by atoms with Crippen molar-refractivity contribution in [2.75, 3.05) is 5.32 Å². The monoisotopic (exact) mass is 381 g/mol. The summed E-state index contributed by atoms with van der Waals surface area (Å²) in [7, 11) is 0. The van der Waals surface area contributed by atoms with E-state index in [-0.39, 0.29) is 17.4 Å². The van der Waals surface area contributed by atoms with Crippen LogP contribution in [0.2, 0.25) is 0 Å². The average molecular weight is 381 g/mol. The van der Waals surface area contributed by atoms with Crippen LogP contribution in [-0.4, -0.2) is 25.7 Å². The smallest absolute Gasteiger partial charge is 0.266 e. The fraction of sp³-hybridized carbons (Fsp3) is 0.111. The van der Waals surface area contributed by atoms with E-state index < -0.39 is 0 Å². The summed E-state index contributed by atoms with van der Waals surface area (Å²) >= 11 is 1.33. The van der Waals surface area contributed by atoms with Gasteiger partial charge in [-0.15, -0.1) is 11.3 Å². The Morgan fingerprint density at radius 1 is 1.33 bits per heavy atom. The Morgan fingerprint density at radius 3 is 2.93 bits per heavy atom. The van der Waals surface area contributed by atoms with Crippen molar-refractivity contribution < 1.29 is 9.21 Å². The standard InChI is InChI=1S/C18H15N5O3S/c1-2-11-9-16(24)21-18(19-11)23-15(20-17(25)14-6-4-8-27-14)10-12(22-23)13-5-3-7-26-13/h3-10H,2H2,1H3,(H,20,25)(H,19,21,24). The van der Waals surface area contributed by atoms with Gasteiger partial charge in [0.15, 0.2) is 5.76 Å². The second kappa shape index (κ2) is 7.04. The highest BCUT2D eigenvalue weighted by Gasteiger charge is 2.18. The van der Waals surface area contributed by atoms with E-state index in [2.05, 4.69) is 20.4 Å². The summed E-state index contributed by atoms with van der Waals surface area (Å²) < 4.78 is 6.78. The van der Waals surface area contributed by atoms with Crippen molar-refractivity contribution in [2.45, 2.75) is 13.3 Å². The minimum absolute atomic E-state index is 0.221. The minimum Gasteiger partial charge on any atom is -0.463 e. The van der Waals surface area contributed by atoms with Gasteiger partial charge in [-0.05, 0) is 30.0 Å². The predicted octanol–water partition coefficient (Wildman–Crippen LogP) is 3.09. The zero-order valence-corrected chi connectivity index (χ0v) is 15.1. The van der Waals surface area contributed by atoms with Crippen molar-refractivity contribution in [1.29, 1.82) is 0 Å². The SMILES string of the molecule is CCc1cc(=O)[nH]c(-n2nc(-c3ccco3)cc2NC(=O)c2cccs2)n1. The fourth-order valence-electron chi connectivity index (χ4n) is 2.54. The van der Waals surface area contributed by atoms with Gasteiger partial charge in [-0.3, -0.25) is 14.6 Å². The molecule has 8 nitrogen and oxygen atoms in total. The van der Waals surface area contributed by atoms with Crippen LogP contribution in [0, 0.1) is 0 Å². The summed E-state index contributed by atoms with van der Waals surface area (Å²) in [6, 6.07) is 10.1. The third-order valence-electron chi connectivity index (χ3n) is 3.81. The van der Waals surface area contributed by atoms with Crippen LogP contribution in [0.1, 0.15) is 22.3 Å². The molecule has 0 radical (unpaired) electrons. The lowest BCUT2D eigenvalue weighted by molar-refractivity contribution is 0.103. The van der Waals surface area contributed by atoms with Gasteiger partial charge in [0.25, 0.3) is 11.5 Å². The highest BCUT2D eigenvalue weighted by Crippen LogP contribution is 2.24. The number of H-pyrrole nitrogens is 1. The van der Waals surface area contributed by atoms with Crippen molar-refractivity contribution >= 4 is 23.1 Å². The first kappa shape index (κ1) is 17.0. The molecule has 0 aromatic carbocycles. The number of rotatable bonds is 5. The molecule has 27 heavy (non-hydrogen) atoms. The summed E-state index contributed by atoms with van der Waals surface area (Å²) in [6.07, 6.45) is 2.14. The number of carbonyl (C=O) groups is 1. The van der Waals surface area contributed by atoms with Crippen LogP contribution in [-0.2, 0) is 6.42 Å². The Balaban J connectivity index is 1.80. The van der Waals surface area contributed by atoms with E-state index in [4.69, 9.17) is 4.42 Å². The van der Waals surface area contributed by atoms with Crippen molar-refractivity contribution in [3.05, 3.63) is 69.0 Å². The Labute approximate surface area is 157 Å². The zero-order chi connectivity index (χ0) is 18.8. The van der Waals surface area contributed by atoms with Gasteiger partial charge in [-0.25, -0.2) is 4.98 Å². The molecule has 0 saturated heterocycles. The number of anilines is 1. The molecule has 1 amide bonds. The highest BCUT2D eigenvalue weighted by molar-refractivity contribution is 7.12. The first-order valence-electron chi connectivity index (χ1n) is 8.23. The van der Waals surface area contributed by atoms with Crippen LogP contribution in [0.4, 0.5) is 5.82 Å². The van der Waals surface area contributed by atoms with E-state index in [9.17, 15) is 9.59 Å². The Bertz CT molecular complexity index is 1130. The van der Waals surface area contributed by atoms with Crippen molar-refractivity contribution in [1.82, 2.24) is 19.7 Å². The molecule has 9 heteroatoms. The lowest BCUT2D eigenvalue weighted by Gasteiger charge is -2.08. The number of carbonyl (C=O) groups excluding carboxylic acids is 1. The molecule has 4 heterocycles. The van der Waals surface area contributed by atoms with Gasteiger partial charge in [0, 0.05) is 17.8 Å². The number of nitrogens with one attached hydrogen (secondary N) is 2. The molecule has 0 unspecified atom stereocenters. The molecule has 0 fully saturated rings. The molecule has 0 spiro atoms. The molecule has 0 aliphatic rings. The van der Waals surface area contributed by atoms with Gasteiger partial charge < -0.3 is 9.73 Å². The Morgan fingerprint density at radius 2 is 2.22 bits per heavy atom. The molecule has 4 aromatic rings. The van der Waals surface area contributed by atoms with Crippen molar-refractivity contribution in [2.24, 2.45) is 0 Å². The maximum absolute atomic E-state index is 12.5. The molecular formula is C18H15N5O3S. The second-order valence-corrected chi connectivity index (χ2v) is 6.60. The number of thiophene rings is 1. The number of nitrogens with zero attached hydrogens (tertiary/aromatic N) is 3. The van der Waals surface area contributed by atoms with Crippen molar-refractivity contribution in [3.63, 3.8) is 0 Å². The summed E-state index contributed by atoms with van der Waals surface area (Å²) in [5.74, 6) is 0.857. The second-order valence-electron chi connectivity index (χ2n) is 5.65. The van der Waals surface area contributed by atoms with Crippen LogP contribution in [0.15, 0.2) is 57.3 Å². The van der Waals surface area contributed by atoms with Crippen LogP contribution in [0.3, 0.4) is 0 Å². The van der Waals surface area contributed by atoms with E-state index in [0.29, 0.717) is 34.3 Å². The maximum Gasteiger partial charge on any atom is 0.266 e. The van der Waals surface area contributed by atoms with E-state index in [0.717, 1.165) is 0 Å². The van der Waals surface area contributed by atoms with Crippen molar-refractivity contribution in [3.8, 4) is 17.4 Å². The third-order valence-corrected chi connectivity index (χ3v) is 4.68. The number of aromatic amines is 1. The topological polar surface area (TPSA) is 106 Å². The summed E-state index contributed by atoms with van der Waals surface area (Å²) in [6.45, 7) is 1.91. The minimum atomic E-state index is -0.289. The first-order valence-corrected chi connectivity index (χ1v) is 9.11. The molecule has 136 valence electrons.